The Hall–Kier alpha value is -2.47. The molecule has 0 saturated heterocycles. The van der Waals surface area contributed by atoms with E-state index in [1.807, 2.05) is 0 Å². The van der Waals surface area contributed by atoms with Crippen molar-refractivity contribution in [3.05, 3.63) is 47.5 Å². The second kappa shape index (κ2) is 6.44. The van der Waals surface area contributed by atoms with Crippen molar-refractivity contribution in [2.24, 2.45) is 0 Å². The molecule has 2 rings (SSSR count). The number of carbonyl (C=O) groups excluding carboxylic acids is 1. The average Bonchev–Trinajstić information content (AvgIpc) is 2.47. The van der Waals surface area contributed by atoms with E-state index in [0.29, 0.717) is 0 Å². The van der Waals surface area contributed by atoms with Gasteiger partial charge in [-0.15, -0.1) is 0 Å². The Kier molecular flexibility index (Phi) is 4.86. The lowest BCUT2D eigenvalue weighted by atomic mass is 10.0. The summed E-state index contributed by atoms with van der Waals surface area (Å²) in [6.07, 6.45) is -0.622. The maximum absolute atomic E-state index is 12.4. The van der Waals surface area contributed by atoms with Crippen LogP contribution < -0.4 is 11.5 Å². The Labute approximate surface area is 143 Å². The Morgan fingerprint density at radius 2 is 1.32 bits per heavy atom. The Bertz CT molecular complexity index is 1060. The van der Waals surface area contributed by atoms with Gasteiger partial charge < -0.3 is 20.6 Å². The fourth-order valence-corrected chi connectivity index (χ4v) is 3.67. The van der Waals surface area contributed by atoms with Crippen LogP contribution >= 0.6 is 0 Å². The summed E-state index contributed by atoms with van der Waals surface area (Å²) in [5.41, 5.74) is 10.2. The summed E-state index contributed by atoms with van der Waals surface area (Å²) in [5.74, 6) is -0.871. The Morgan fingerprint density at radius 1 is 0.840 bits per heavy atom. The van der Waals surface area contributed by atoms with Gasteiger partial charge in [-0.1, -0.05) is 6.07 Å². The van der Waals surface area contributed by atoms with E-state index in [9.17, 15) is 30.7 Å². The van der Waals surface area contributed by atoms with Crippen LogP contribution in [0.5, 0.6) is 0 Å². The van der Waals surface area contributed by atoms with Crippen LogP contribution in [0.25, 0.3) is 0 Å². The fraction of sp³-hybridized carbons (Fsp3) is 0.0714. The maximum atomic E-state index is 12.4. The van der Waals surface area contributed by atoms with E-state index in [1.54, 1.807) is 0 Å². The second-order valence-electron chi connectivity index (χ2n) is 5.13. The van der Waals surface area contributed by atoms with Crippen LogP contribution in [-0.2, 0) is 26.7 Å². The smallest absolute Gasteiger partial charge is 0.168 e. The van der Waals surface area contributed by atoms with Gasteiger partial charge in [0.05, 0.1) is 9.79 Å². The molecule has 4 N–H and O–H groups in total. The van der Waals surface area contributed by atoms with Crippen molar-refractivity contribution in [1.29, 1.82) is 0 Å². The molecule has 0 spiro atoms. The van der Waals surface area contributed by atoms with E-state index in [0.717, 1.165) is 18.2 Å². The third-order valence-corrected chi connectivity index (χ3v) is 5.08. The standard InChI is InChI=1S/C14H14N2O7S2/c15-9-2-1-8(13(6-9)24(18,19)20)5-12(17)11-4-3-10(16)7-14(11)25(21,22)23/h1-4,6-7H,5,15-16H2,(H,18,19,20)(H,21,22,23)/p-2. The van der Waals surface area contributed by atoms with Gasteiger partial charge >= 0.3 is 0 Å². The van der Waals surface area contributed by atoms with Crippen molar-refractivity contribution in [2.75, 3.05) is 11.5 Å². The molecule has 0 atom stereocenters. The first-order valence-electron chi connectivity index (χ1n) is 6.62. The van der Waals surface area contributed by atoms with Gasteiger partial charge in [0.2, 0.25) is 0 Å². The molecular weight excluding hydrogens is 372 g/mol. The van der Waals surface area contributed by atoms with Crippen molar-refractivity contribution in [2.45, 2.75) is 16.2 Å². The predicted octanol–water partition coefficient (Wildman–Crippen LogP) is 0.0846. The van der Waals surface area contributed by atoms with Crippen molar-refractivity contribution in [3.8, 4) is 0 Å². The van der Waals surface area contributed by atoms with Gasteiger partial charge in [-0.3, -0.25) is 4.79 Å². The van der Waals surface area contributed by atoms with E-state index in [2.05, 4.69) is 0 Å². The normalized spacial score (nSPS) is 12.1. The van der Waals surface area contributed by atoms with Crippen molar-refractivity contribution >= 4 is 37.4 Å². The molecule has 0 radical (unpaired) electrons. The molecule has 0 fully saturated rings. The molecule has 0 aliphatic rings. The summed E-state index contributed by atoms with van der Waals surface area (Å²) in [5, 5.41) is 0. The lowest BCUT2D eigenvalue weighted by molar-refractivity contribution is 0.0989. The number of ketones is 1. The zero-order valence-corrected chi connectivity index (χ0v) is 14.1. The molecule has 0 heterocycles. The van der Waals surface area contributed by atoms with Gasteiger partial charge in [-0.25, -0.2) is 16.8 Å². The zero-order valence-electron chi connectivity index (χ0n) is 12.5. The molecule has 0 aliphatic carbocycles. The highest BCUT2D eigenvalue weighted by Gasteiger charge is 2.19. The van der Waals surface area contributed by atoms with Crippen molar-refractivity contribution in [3.63, 3.8) is 0 Å². The van der Waals surface area contributed by atoms with Crippen molar-refractivity contribution in [1.82, 2.24) is 0 Å². The van der Waals surface area contributed by atoms with Gasteiger partial charge in [0, 0.05) is 23.4 Å². The van der Waals surface area contributed by atoms with E-state index in [-0.39, 0.29) is 16.9 Å². The number of carbonyl (C=O) groups is 1. The van der Waals surface area contributed by atoms with E-state index < -0.39 is 47.8 Å². The van der Waals surface area contributed by atoms with Crippen molar-refractivity contribution < 1.29 is 30.7 Å². The molecule has 0 aromatic heterocycles. The summed E-state index contributed by atoms with van der Waals surface area (Å²) < 4.78 is 67.9. The van der Waals surface area contributed by atoms with E-state index >= 15 is 0 Å². The van der Waals surface area contributed by atoms with E-state index in [4.69, 9.17) is 11.5 Å². The number of hydrogen-bond donors (Lipinski definition) is 2. The highest BCUT2D eigenvalue weighted by atomic mass is 32.2. The summed E-state index contributed by atoms with van der Waals surface area (Å²) in [6, 6.07) is 6.45. The monoisotopic (exact) mass is 384 g/mol. The number of nitrogen functional groups attached to an aromatic ring is 2. The van der Waals surface area contributed by atoms with Gasteiger partial charge in [0.15, 0.2) is 5.78 Å². The average molecular weight is 384 g/mol. The van der Waals surface area contributed by atoms with Gasteiger partial charge in [-0.05, 0) is 35.9 Å². The minimum Gasteiger partial charge on any atom is -0.744 e. The van der Waals surface area contributed by atoms with Crippen LogP contribution in [0.4, 0.5) is 11.4 Å². The molecule has 0 bridgehead atoms. The van der Waals surface area contributed by atoms with Gasteiger partial charge in [-0.2, -0.15) is 0 Å². The first-order valence-corrected chi connectivity index (χ1v) is 9.44. The molecule has 9 nitrogen and oxygen atoms in total. The largest absolute Gasteiger partial charge is 0.744 e. The van der Waals surface area contributed by atoms with E-state index in [1.165, 1.54) is 18.2 Å². The third kappa shape index (κ3) is 4.33. The SMILES string of the molecule is Nc1ccc(CC(=O)c2ccc(N)cc2S(=O)(=O)[O-])c(S(=O)(=O)[O-])c1. The number of nitrogens with two attached hydrogens (primary N) is 2. The first-order chi connectivity index (χ1) is 11.4. The van der Waals surface area contributed by atoms with Crippen LogP contribution in [-0.4, -0.2) is 31.7 Å². The van der Waals surface area contributed by atoms with Crippen LogP contribution in [0.1, 0.15) is 15.9 Å². The summed E-state index contributed by atoms with van der Waals surface area (Å²) in [7, 11) is -9.90. The van der Waals surface area contributed by atoms with Crippen LogP contribution in [0.3, 0.4) is 0 Å². The van der Waals surface area contributed by atoms with Gasteiger partial charge in [0.25, 0.3) is 0 Å². The fourth-order valence-electron chi connectivity index (χ4n) is 2.19. The molecule has 2 aromatic rings. The lowest BCUT2D eigenvalue weighted by Gasteiger charge is -2.15. The molecule has 0 amide bonds. The number of rotatable bonds is 5. The van der Waals surface area contributed by atoms with Crippen LogP contribution in [0, 0.1) is 0 Å². The summed E-state index contributed by atoms with van der Waals surface area (Å²) in [4.78, 5) is 10.9. The Balaban J connectivity index is 2.53. The number of hydrogen-bond acceptors (Lipinski definition) is 9. The highest BCUT2D eigenvalue weighted by Crippen LogP contribution is 2.24. The molecule has 0 aliphatic heterocycles. The number of benzene rings is 2. The number of anilines is 2. The molecule has 134 valence electrons. The third-order valence-electron chi connectivity index (χ3n) is 3.29. The van der Waals surface area contributed by atoms with Crippen LogP contribution in [0.2, 0.25) is 0 Å². The lowest BCUT2D eigenvalue weighted by Crippen LogP contribution is -2.14. The maximum Gasteiger partial charge on any atom is 0.168 e. The predicted molar refractivity (Wildman–Crippen MR) is 85.7 cm³/mol. The topological polar surface area (TPSA) is 184 Å². The quantitative estimate of drug-likeness (QED) is 0.409. The summed E-state index contributed by atoms with van der Waals surface area (Å²) >= 11 is 0. The second-order valence-corrected chi connectivity index (χ2v) is 7.83. The number of Topliss-reactive ketones (excluding diaryl/α,β-unsaturated/α-hetero) is 1. The van der Waals surface area contributed by atoms with Crippen LogP contribution in [0.15, 0.2) is 46.2 Å². The molecule has 0 unspecified atom stereocenters. The summed E-state index contributed by atoms with van der Waals surface area (Å²) in [6.45, 7) is 0. The highest BCUT2D eigenvalue weighted by molar-refractivity contribution is 7.86. The molecule has 11 heteroatoms. The Morgan fingerprint density at radius 3 is 1.84 bits per heavy atom. The minimum absolute atomic E-state index is 0.000864. The van der Waals surface area contributed by atoms with Gasteiger partial charge in [0.1, 0.15) is 20.2 Å². The molecular formula is C14H12N2O7S2-2. The molecule has 25 heavy (non-hydrogen) atoms. The minimum atomic E-state index is -4.99. The zero-order chi connectivity index (χ0) is 19.0. The molecule has 0 saturated carbocycles. The first kappa shape index (κ1) is 18.9. The molecule has 2 aromatic carbocycles.